The number of hydrogen-bond donors (Lipinski definition) is 1. The van der Waals surface area contributed by atoms with Crippen molar-refractivity contribution in [3.8, 4) is 5.75 Å². The van der Waals surface area contributed by atoms with Crippen molar-refractivity contribution in [2.75, 3.05) is 5.32 Å². The number of hydrogen-bond acceptors (Lipinski definition) is 6. The van der Waals surface area contributed by atoms with Crippen molar-refractivity contribution >= 4 is 27.4 Å². The molecule has 0 radical (unpaired) electrons. The van der Waals surface area contributed by atoms with Gasteiger partial charge in [-0.3, -0.25) is 14.9 Å². The highest BCUT2D eigenvalue weighted by Gasteiger charge is 2.28. The van der Waals surface area contributed by atoms with Gasteiger partial charge >= 0.3 is 10.1 Å². The Morgan fingerprint density at radius 2 is 1.50 bits per heavy atom. The quantitative estimate of drug-likeness (QED) is 0.385. The summed E-state index contributed by atoms with van der Waals surface area (Å²) in [5.74, 6) is -0.621. The van der Waals surface area contributed by atoms with Crippen LogP contribution in [0.3, 0.4) is 0 Å². The Bertz CT molecular complexity index is 1130. The van der Waals surface area contributed by atoms with Crippen LogP contribution in [0, 0.1) is 10.1 Å². The van der Waals surface area contributed by atoms with Gasteiger partial charge < -0.3 is 9.50 Å². The van der Waals surface area contributed by atoms with Crippen LogP contribution in [-0.4, -0.2) is 19.2 Å². The van der Waals surface area contributed by atoms with Gasteiger partial charge in [-0.05, 0) is 30.3 Å². The van der Waals surface area contributed by atoms with Crippen molar-refractivity contribution in [2.45, 2.75) is 4.90 Å². The fourth-order valence-electron chi connectivity index (χ4n) is 2.41. The van der Waals surface area contributed by atoms with E-state index in [0.29, 0.717) is 5.56 Å². The summed E-state index contributed by atoms with van der Waals surface area (Å²) in [7, 11) is -4.50. The Morgan fingerprint density at radius 1 is 0.893 bits per heavy atom. The fourth-order valence-corrected chi connectivity index (χ4v) is 3.52. The van der Waals surface area contributed by atoms with E-state index in [4.69, 9.17) is 4.18 Å². The van der Waals surface area contributed by atoms with Gasteiger partial charge in [0, 0.05) is 11.6 Å². The first-order valence-electron chi connectivity index (χ1n) is 8.02. The highest BCUT2D eigenvalue weighted by atomic mass is 32.2. The summed E-state index contributed by atoms with van der Waals surface area (Å²) in [5.41, 5.74) is -0.120. The molecule has 0 aromatic heterocycles. The minimum absolute atomic E-state index is 0.110. The van der Waals surface area contributed by atoms with E-state index in [0.717, 1.165) is 12.1 Å². The number of benzene rings is 3. The first kappa shape index (κ1) is 19.1. The minimum atomic E-state index is -4.50. The highest BCUT2D eigenvalue weighted by molar-refractivity contribution is 7.87. The van der Waals surface area contributed by atoms with Gasteiger partial charge in [0.25, 0.3) is 11.6 Å². The fraction of sp³-hybridized carbons (Fsp3) is 0. The zero-order valence-electron chi connectivity index (χ0n) is 14.3. The average molecular weight is 398 g/mol. The number of carbonyl (C=O) groups is 1. The molecule has 8 nitrogen and oxygen atoms in total. The molecule has 0 unspecified atom stereocenters. The number of para-hydroxylation sites is 3. The van der Waals surface area contributed by atoms with Crippen molar-refractivity contribution in [3.05, 3.63) is 94.5 Å². The van der Waals surface area contributed by atoms with Crippen LogP contribution in [-0.2, 0) is 10.1 Å². The van der Waals surface area contributed by atoms with E-state index in [1.807, 2.05) is 0 Å². The zero-order chi connectivity index (χ0) is 20.1. The predicted octanol–water partition coefficient (Wildman–Crippen LogP) is 3.61. The first-order chi connectivity index (χ1) is 13.4. The van der Waals surface area contributed by atoms with Gasteiger partial charge in [-0.15, -0.1) is 0 Å². The maximum Gasteiger partial charge on any atom is 0.346 e. The standard InChI is InChI=1S/C19H14N2O6S/c22-19(14-8-2-1-3-9-14)20-15-10-4-6-12-17(15)27-28(25,26)18-13-7-5-11-16(18)21(23)24/h1-13H,(H,20,22). The summed E-state index contributed by atoms with van der Waals surface area (Å²) in [4.78, 5) is 22.1. The molecule has 0 saturated carbocycles. The molecule has 0 aliphatic heterocycles. The third-order valence-electron chi connectivity index (χ3n) is 3.70. The number of nitrogens with zero attached hydrogens (tertiary/aromatic N) is 1. The van der Waals surface area contributed by atoms with Crippen LogP contribution in [0.2, 0.25) is 0 Å². The van der Waals surface area contributed by atoms with Gasteiger partial charge in [0.05, 0.1) is 10.6 Å². The predicted molar refractivity (Wildman–Crippen MR) is 102 cm³/mol. The van der Waals surface area contributed by atoms with Gasteiger partial charge in [-0.2, -0.15) is 8.42 Å². The van der Waals surface area contributed by atoms with E-state index < -0.39 is 31.5 Å². The molecular formula is C19H14N2O6S. The van der Waals surface area contributed by atoms with Crippen LogP contribution in [0.1, 0.15) is 10.4 Å². The summed E-state index contributed by atoms with van der Waals surface area (Å²) in [6.45, 7) is 0. The number of nitro groups is 1. The lowest BCUT2D eigenvalue weighted by Crippen LogP contribution is -2.16. The molecule has 0 fully saturated rings. The lowest BCUT2D eigenvalue weighted by molar-refractivity contribution is -0.387. The van der Waals surface area contributed by atoms with Gasteiger partial charge in [-0.25, -0.2) is 0 Å². The van der Waals surface area contributed by atoms with Crippen molar-refractivity contribution in [1.82, 2.24) is 0 Å². The van der Waals surface area contributed by atoms with Crippen LogP contribution in [0.15, 0.2) is 83.8 Å². The third kappa shape index (κ3) is 4.15. The second kappa shape index (κ2) is 7.89. The number of rotatable bonds is 6. The summed E-state index contributed by atoms with van der Waals surface area (Å²) in [6, 6.07) is 19.1. The Kier molecular flexibility index (Phi) is 5.37. The molecule has 0 atom stereocenters. The molecule has 3 rings (SSSR count). The topological polar surface area (TPSA) is 116 Å². The molecule has 0 aliphatic carbocycles. The van der Waals surface area contributed by atoms with Crippen molar-refractivity contribution < 1.29 is 22.3 Å². The number of nitrogens with one attached hydrogen (secondary N) is 1. The minimum Gasteiger partial charge on any atom is -0.377 e. The second-order valence-electron chi connectivity index (χ2n) is 5.58. The Balaban J connectivity index is 1.92. The number of anilines is 1. The van der Waals surface area contributed by atoms with Crippen molar-refractivity contribution in [2.24, 2.45) is 0 Å². The SMILES string of the molecule is O=C(Nc1ccccc1OS(=O)(=O)c1ccccc1[N+](=O)[O-])c1ccccc1. The summed E-state index contributed by atoms with van der Waals surface area (Å²) < 4.78 is 30.3. The van der Waals surface area contributed by atoms with Crippen LogP contribution in [0.5, 0.6) is 5.75 Å². The van der Waals surface area contributed by atoms with Crippen molar-refractivity contribution in [1.29, 1.82) is 0 Å². The normalized spacial score (nSPS) is 10.9. The monoisotopic (exact) mass is 398 g/mol. The number of amides is 1. The van der Waals surface area contributed by atoms with Crippen molar-refractivity contribution in [3.63, 3.8) is 0 Å². The first-order valence-corrected chi connectivity index (χ1v) is 9.42. The smallest absolute Gasteiger partial charge is 0.346 e. The van der Waals surface area contributed by atoms with E-state index in [1.165, 1.54) is 30.3 Å². The summed E-state index contributed by atoms with van der Waals surface area (Å²) >= 11 is 0. The van der Waals surface area contributed by atoms with Crippen LogP contribution in [0.25, 0.3) is 0 Å². The average Bonchev–Trinajstić information content (AvgIpc) is 2.70. The van der Waals surface area contributed by atoms with Gasteiger partial charge in [0.1, 0.15) is 0 Å². The molecule has 0 saturated heterocycles. The molecule has 1 amide bonds. The van der Waals surface area contributed by atoms with E-state index in [-0.39, 0.29) is 11.4 Å². The number of nitro benzene ring substituents is 1. The lowest BCUT2D eigenvalue weighted by Gasteiger charge is -2.12. The maximum absolute atomic E-state index is 12.6. The van der Waals surface area contributed by atoms with E-state index in [2.05, 4.69) is 5.32 Å². The molecule has 0 aliphatic rings. The van der Waals surface area contributed by atoms with Crippen LogP contribution in [0.4, 0.5) is 11.4 Å². The third-order valence-corrected chi connectivity index (χ3v) is 4.98. The molecule has 1 N–H and O–H groups in total. The summed E-state index contributed by atoms with van der Waals surface area (Å²) in [6.07, 6.45) is 0. The molecule has 0 spiro atoms. The Morgan fingerprint density at radius 3 is 2.21 bits per heavy atom. The second-order valence-corrected chi connectivity index (χ2v) is 7.09. The van der Waals surface area contributed by atoms with E-state index in [1.54, 1.807) is 36.4 Å². The lowest BCUT2D eigenvalue weighted by atomic mass is 10.2. The molecular weight excluding hydrogens is 384 g/mol. The van der Waals surface area contributed by atoms with Gasteiger partial charge in [0.15, 0.2) is 10.6 Å². The largest absolute Gasteiger partial charge is 0.377 e. The molecule has 9 heteroatoms. The number of carbonyl (C=O) groups excluding carboxylic acids is 1. The van der Waals surface area contributed by atoms with Gasteiger partial charge in [-0.1, -0.05) is 42.5 Å². The Labute approximate surface area is 160 Å². The van der Waals surface area contributed by atoms with Crippen LogP contribution < -0.4 is 9.50 Å². The zero-order valence-corrected chi connectivity index (χ0v) is 15.1. The van der Waals surface area contributed by atoms with Crippen LogP contribution >= 0.6 is 0 Å². The maximum atomic E-state index is 12.6. The highest BCUT2D eigenvalue weighted by Crippen LogP contribution is 2.30. The molecule has 0 bridgehead atoms. The molecule has 3 aromatic rings. The molecule has 28 heavy (non-hydrogen) atoms. The molecule has 3 aromatic carbocycles. The van der Waals surface area contributed by atoms with E-state index >= 15 is 0 Å². The Hall–Kier alpha value is -3.72. The van der Waals surface area contributed by atoms with Gasteiger partial charge in [0.2, 0.25) is 0 Å². The van der Waals surface area contributed by atoms with E-state index in [9.17, 15) is 23.3 Å². The molecule has 142 valence electrons. The molecule has 0 heterocycles. The summed E-state index contributed by atoms with van der Waals surface area (Å²) in [5, 5.41) is 13.7.